The molecule has 0 aromatic carbocycles. The van der Waals surface area contributed by atoms with Crippen LogP contribution in [0.15, 0.2) is 0 Å². The molecule has 0 rings (SSSR count). The second-order valence-corrected chi connectivity index (χ2v) is 11.2. The fourth-order valence-corrected chi connectivity index (χ4v) is 8.30. The highest BCUT2D eigenvalue weighted by Crippen LogP contribution is 2.26. The van der Waals surface area contributed by atoms with Crippen LogP contribution in [-0.4, -0.2) is 33.7 Å². The van der Waals surface area contributed by atoms with Crippen molar-refractivity contribution >= 4 is 8.07 Å². The monoisotopic (exact) mass is 288 g/mol. The number of hydrogen-bond donors (Lipinski definition) is 0. The third-order valence-corrected chi connectivity index (χ3v) is 8.19. The Balaban J connectivity index is 4.63. The van der Waals surface area contributed by atoms with Crippen molar-refractivity contribution in [2.24, 2.45) is 11.8 Å². The van der Waals surface area contributed by atoms with Crippen molar-refractivity contribution in [1.29, 1.82) is 0 Å². The highest BCUT2D eigenvalue weighted by Gasteiger charge is 2.35. The van der Waals surface area contributed by atoms with Gasteiger partial charge in [-0.25, -0.2) is 0 Å². The van der Waals surface area contributed by atoms with E-state index in [4.69, 9.17) is 9.47 Å². The van der Waals surface area contributed by atoms with E-state index in [1.54, 1.807) is 0 Å². The summed E-state index contributed by atoms with van der Waals surface area (Å²) in [6.07, 6.45) is 4.20. The molecule has 0 aliphatic rings. The summed E-state index contributed by atoms with van der Waals surface area (Å²) >= 11 is 0. The fraction of sp³-hybridized carbons (Fsp3) is 1.00. The van der Waals surface area contributed by atoms with E-state index < -0.39 is 8.07 Å². The molecule has 0 fully saturated rings. The highest BCUT2D eigenvalue weighted by molar-refractivity contribution is 6.79. The standard InChI is InChI=1S/C16H36O2Si/c1-7-9-17-13-19(11-15(3)4,12-16(5)6)14-18-10-8-2/h15-16H,7-14H2,1-6H3. The highest BCUT2D eigenvalue weighted by atomic mass is 28.3. The van der Waals surface area contributed by atoms with Crippen molar-refractivity contribution in [3.63, 3.8) is 0 Å². The Morgan fingerprint density at radius 3 is 1.37 bits per heavy atom. The molecular formula is C16H36O2Si. The van der Waals surface area contributed by atoms with Crippen molar-refractivity contribution in [1.82, 2.24) is 0 Å². The maximum Gasteiger partial charge on any atom is 0.113 e. The summed E-state index contributed by atoms with van der Waals surface area (Å²) in [5.41, 5.74) is 0. The molecular weight excluding hydrogens is 252 g/mol. The molecule has 3 heteroatoms. The van der Waals surface area contributed by atoms with Gasteiger partial charge in [0.05, 0.1) is 0 Å². The molecule has 0 aliphatic carbocycles. The van der Waals surface area contributed by atoms with Crippen LogP contribution in [0.1, 0.15) is 54.4 Å². The SMILES string of the molecule is CCCOC[Si](COCCC)(CC(C)C)CC(C)C. The van der Waals surface area contributed by atoms with Gasteiger partial charge in [-0.1, -0.05) is 53.6 Å². The van der Waals surface area contributed by atoms with Gasteiger partial charge in [0.2, 0.25) is 0 Å². The summed E-state index contributed by atoms with van der Waals surface area (Å²) in [4.78, 5) is 0. The van der Waals surface area contributed by atoms with Crippen LogP contribution in [0.4, 0.5) is 0 Å². The van der Waals surface area contributed by atoms with Gasteiger partial charge in [-0.15, -0.1) is 0 Å². The van der Waals surface area contributed by atoms with Crippen molar-refractivity contribution in [2.45, 2.75) is 66.5 Å². The van der Waals surface area contributed by atoms with Gasteiger partial charge in [0, 0.05) is 25.7 Å². The minimum atomic E-state index is -1.44. The lowest BCUT2D eigenvalue weighted by molar-refractivity contribution is 0.146. The predicted molar refractivity (Wildman–Crippen MR) is 87.3 cm³/mol. The van der Waals surface area contributed by atoms with Crippen LogP contribution in [0.3, 0.4) is 0 Å². The molecule has 0 spiro atoms. The Hall–Kier alpha value is 0.137. The van der Waals surface area contributed by atoms with E-state index >= 15 is 0 Å². The molecule has 0 N–H and O–H groups in total. The minimum Gasteiger partial charge on any atom is -0.385 e. The summed E-state index contributed by atoms with van der Waals surface area (Å²) in [6, 6.07) is 2.66. The van der Waals surface area contributed by atoms with Gasteiger partial charge >= 0.3 is 0 Å². The van der Waals surface area contributed by atoms with E-state index in [9.17, 15) is 0 Å². The molecule has 0 radical (unpaired) electrons. The maximum atomic E-state index is 5.96. The van der Waals surface area contributed by atoms with Crippen LogP contribution in [0.5, 0.6) is 0 Å². The first kappa shape index (κ1) is 19.1. The van der Waals surface area contributed by atoms with Crippen LogP contribution in [0.2, 0.25) is 12.1 Å². The second-order valence-electron chi connectivity index (χ2n) is 6.80. The summed E-state index contributed by atoms with van der Waals surface area (Å²) in [6.45, 7) is 15.5. The Labute approximate surface area is 122 Å². The summed E-state index contributed by atoms with van der Waals surface area (Å²) < 4.78 is 11.9. The predicted octanol–water partition coefficient (Wildman–Crippen LogP) is 4.68. The van der Waals surface area contributed by atoms with Crippen molar-refractivity contribution in [2.75, 3.05) is 25.7 Å². The zero-order chi connectivity index (χ0) is 14.7. The third-order valence-electron chi connectivity index (χ3n) is 3.20. The van der Waals surface area contributed by atoms with Gasteiger partial charge < -0.3 is 9.47 Å². The molecule has 2 nitrogen and oxygen atoms in total. The van der Waals surface area contributed by atoms with E-state index in [1.165, 1.54) is 12.1 Å². The average Bonchev–Trinajstić information content (AvgIpc) is 2.27. The topological polar surface area (TPSA) is 18.5 Å². The van der Waals surface area contributed by atoms with Gasteiger partial charge in [-0.2, -0.15) is 0 Å². The Bertz CT molecular complexity index is 183. The Kier molecular flexibility index (Phi) is 10.9. The molecule has 0 saturated heterocycles. The van der Waals surface area contributed by atoms with Gasteiger partial charge in [-0.05, 0) is 24.7 Å². The van der Waals surface area contributed by atoms with E-state index in [2.05, 4.69) is 41.5 Å². The average molecular weight is 289 g/mol. The summed E-state index contributed by atoms with van der Waals surface area (Å²) in [5.74, 6) is 1.50. The van der Waals surface area contributed by atoms with Crippen molar-refractivity contribution in [3.05, 3.63) is 0 Å². The smallest absolute Gasteiger partial charge is 0.113 e. The van der Waals surface area contributed by atoms with Crippen molar-refractivity contribution in [3.8, 4) is 0 Å². The van der Waals surface area contributed by atoms with Crippen LogP contribution in [0.25, 0.3) is 0 Å². The number of hydrogen-bond acceptors (Lipinski definition) is 2. The van der Waals surface area contributed by atoms with Gasteiger partial charge in [0.15, 0.2) is 0 Å². The van der Waals surface area contributed by atoms with Crippen LogP contribution in [-0.2, 0) is 9.47 Å². The van der Waals surface area contributed by atoms with Crippen LogP contribution in [0, 0.1) is 11.8 Å². The van der Waals surface area contributed by atoms with Gasteiger partial charge in [-0.3, -0.25) is 0 Å². The molecule has 0 atom stereocenters. The molecule has 0 unspecified atom stereocenters. The molecule has 0 bridgehead atoms. The maximum absolute atomic E-state index is 5.96. The fourth-order valence-electron chi connectivity index (χ4n) is 2.96. The van der Waals surface area contributed by atoms with Crippen LogP contribution >= 0.6 is 0 Å². The Morgan fingerprint density at radius 2 is 1.11 bits per heavy atom. The van der Waals surface area contributed by atoms with Crippen molar-refractivity contribution < 1.29 is 9.47 Å². The lowest BCUT2D eigenvalue weighted by Gasteiger charge is -2.34. The first-order chi connectivity index (χ1) is 8.95. The van der Waals surface area contributed by atoms with E-state index in [0.717, 1.165) is 50.4 Å². The van der Waals surface area contributed by atoms with Crippen LogP contribution < -0.4 is 0 Å². The molecule has 0 heterocycles. The quantitative estimate of drug-likeness (QED) is 0.383. The molecule has 0 aromatic heterocycles. The molecule has 0 aromatic rings. The molecule has 0 aliphatic heterocycles. The normalized spacial score (nSPS) is 12.6. The van der Waals surface area contributed by atoms with E-state index in [0.29, 0.717) is 0 Å². The third kappa shape index (κ3) is 9.64. The van der Waals surface area contributed by atoms with Gasteiger partial charge in [0.25, 0.3) is 0 Å². The largest absolute Gasteiger partial charge is 0.385 e. The second kappa shape index (κ2) is 10.9. The number of rotatable bonds is 12. The Morgan fingerprint density at radius 1 is 0.737 bits per heavy atom. The summed E-state index contributed by atoms with van der Waals surface area (Å²) in [5, 5.41) is 0. The first-order valence-corrected chi connectivity index (χ1v) is 10.9. The molecule has 19 heavy (non-hydrogen) atoms. The first-order valence-electron chi connectivity index (χ1n) is 8.11. The number of ether oxygens (including phenoxy) is 2. The lowest BCUT2D eigenvalue weighted by atomic mass is 10.3. The minimum absolute atomic E-state index is 0.751. The zero-order valence-electron chi connectivity index (χ0n) is 14.1. The zero-order valence-corrected chi connectivity index (χ0v) is 15.1. The van der Waals surface area contributed by atoms with E-state index in [-0.39, 0.29) is 0 Å². The lowest BCUT2D eigenvalue weighted by Crippen LogP contribution is -2.48. The van der Waals surface area contributed by atoms with E-state index in [1.807, 2.05) is 0 Å². The molecule has 0 saturated carbocycles. The molecule has 0 amide bonds. The molecule has 116 valence electrons. The van der Waals surface area contributed by atoms with Gasteiger partial charge in [0.1, 0.15) is 8.07 Å². The summed E-state index contributed by atoms with van der Waals surface area (Å²) in [7, 11) is -1.44.